The summed E-state index contributed by atoms with van der Waals surface area (Å²) in [6, 6.07) is 10.1. The fraction of sp³-hybridized carbons (Fsp3) is 0.353. The van der Waals surface area contributed by atoms with Crippen molar-refractivity contribution in [2.45, 2.75) is 25.4 Å². The Morgan fingerprint density at radius 3 is 2.86 bits per heavy atom. The van der Waals surface area contributed by atoms with Crippen LogP contribution in [-0.4, -0.2) is 34.4 Å². The molecule has 1 aliphatic heterocycles. The highest BCUT2D eigenvalue weighted by atomic mass is 16.1. The van der Waals surface area contributed by atoms with Crippen LogP contribution in [0.15, 0.2) is 42.7 Å². The molecule has 1 N–H and O–H groups in total. The number of hydrogen-bond donors (Lipinski definition) is 1. The van der Waals surface area contributed by atoms with Crippen LogP contribution in [0.25, 0.3) is 0 Å². The van der Waals surface area contributed by atoms with Gasteiger partial charge in [-0.3, -0.25) is 14.7 Å². The molecule has 114 valence electrons. The average molecular weight is 296 g/mol. The van der Waals surface area contributed by atoms with Crippen molar-refractivity contribution in [3.63, 3.8) is 0 Å². The Morgan fingerprint density at radius 1 is 1.32 bits per heavy atom. The number of nitrogens with zero attached hydrogens (tertiary/aromatic N) is 3. The summed E-state index contributed by atoms with van der Waals surface area (Å²) in [5.41, 5.74) is 2.33. The van der Waals surface area contributed by atoms with Crippen molar-refractivity contribution >= 4 is 5.91 Å². The summed E-state index contributed by atoms with van der Waals surface area (Å²) >= 11 is 0. The van der Waals surface area contributed by atoms with Gasteiger partial charge in [0, 0.05) is 6.54 Å². The van der Waals surface area contributed by atoms with E-state index in [-0.39, 0.29) is 11.9 Å². The summed E-state index contributed by atoms with van der Waals surface area (Å²) in [5.74, 6) is -0.182. The number of benzene rings is 1. The number of likely N-dealkylation sites (tertiary alicyclic amines) is 1. The van der Waals surface area contributed by atoms with Crippen molar-refractivity contribution in [3.8, 4) is 0 Å². The lowest BCUT2D eigenvalue weighted by atomic mass is 10.1. The van der Waals surface area contributed by atoms with Crippen molar-refractivity contribution in [2.24, 2.45) is 0 Å². The lowest BCUT2D eigenvalue weighted by Gasteiger charge is -2.18. The summed E-state index contributed by atoms with van der Waals surface area (Å²) < 4.78 is 0. The minimum Gasteiger partial charge on any atom is -0.347 e. The molecule has 0 saturated carbocycles. The molecule has 0 radical (unpaired) electrons. The molecule has 1 saturated heterocycles. The Morgan fingerprint density at radius 2 is 2.14 bits per heavy atom. The smallest absolute Gasteiger partial charge is 0.271 e. The molecule has 1 atom stereocenters. The Kier molecular flexibility index (Phi) is 4.44. The van der Waals surface area contributed by atoms with Crippen molar-refractivity contribution in [1.29, 1.82) is 0 Å². The van der Waals surface area contributed by atoms with Crippen LogP contribution in [0.4, 0.5) is 0 Å². The second kappa shape index (κ2) is 6.66. The molecule has 0 bridgehead atoms. The maximum absolute atomic E-state index is 12.2. The van der Waals surface area contributed by atoms with Crippen LogP contribution in [0, 0.1) is 0 Å². The number of amides is 1. The third-order valence-electron chi connectivity index (χ3n) is 4.04. The fourth-order valence-electron chi connectivity index (χ4n) is 2.80. The first kappa shape index (κ1) is 14.7. The van der Waals surface area contributed by atoms with Crippen LogP contribution < -0.4 is 5.32 Å². The van der Waals surface area contributed by atoms with E-state index in [4.69, 9.17) is 0 Å². The van der Waals surface area contributed by atoms with Gasteiger partial charge in [-0.05, 0) is 32.0 Å². The first-order valence-corrected chi connectivity index (χ1v) is 7.58. The van der Waals surface area contributed by atoms with Crippen LogP contribution in [0.5, 0.6) is 0 Å². The summed E-state index contributed by atoms with van der Waals surface area (Å²) in [6.45, 7) is 1.56. The maximum Gasteiger partial charge on any atom is 0.271 e. The quantitative estimate of drug-likeness (QED) is 0.939. The highest BCUT2D eigenvalue weighted by Gasteiger charge is 2.24. The molecule has 0 unspecified atom stereocenters. The molecule has 0 spiro atoms. The largest absolute Gasteiger partial charge is 0.347 e. The van der Waals surface area contributed by atoms with Crippen LogP contribution in [-0.2, 0) is 6.54 Å². The van der Waals surface area contributed by atoms with E-state index in [0.29, 0.717) is 12.2 Å². The molecule has 1 fully saturated rings. The van der Waals surface area contributed by atoms with Crippen LogP contribution in [0.2, 0.25) is 0 Å². The molecule has 1 aromatic heterocycles. The summed E-state index contributed by atoms with van der Waals surface area (Å²) in [7, 11) is 2.08. The predicted molar refractivity (Wildman–Crippen MR) is 84.2 cm³/mol. The number of hydrogen-bond acceptors (Lipinski definition) is 4. The maximum atomic E-state index is 12.2. The van der Waals surface area contributed by atoms with Gasteiger partial charge in [-0.2, -0.15) is 0 Å². The van der Waals surface area contributed by atoms with Gasteiger partial charge in [0.05, 0.1) is 24.1 Å². The van der Waals surface area contributed by atoms with E-state index in [0.717, 1.165) is 30.6 Å². The van der Waals surface area contributed by atoms with E-state index in [1.165, 1.54) is 6.20 Å². The molecule has 1 amide bonds. The average Bonchev–Trinajstić information content (AvgIpc) is 3.00. The Hall–Kier alpha value is -2.27. The number of carbonyl (C=O) groups is 1. The number of rotatable bonds is 4. The molecule has 0 aliphatic carbocycles. The summed E-state index contributed by atoms with van der Waals surface area (Å²) in [4.78, 5) is 23.2. The summed E-state index contributed by atoms with van der Waals surface area (Å²) in [6.07, 6.45) is 5.52. The molecule has 1 aliphatic rings. The molecule has 2 aromatic rings. The van der Waals surface area contributed by atoms with Gasteiger partial charge in [-0.1, -0.05) is 30.3 Å². The fourth-order valence-corrected chi connectivity index (χ4v) is 2.80. The lowest BCUT2D eigenvalue weighted by Crippen LogP contribution is -2.25. The van der Waals surface area contributed by atoms with Gasteiger partial charge in [0.2, 0.25) is 0 Å². The Bertz CT molecular complexity index is 644. The predicted octanol–water partition coefficient (Wildman–Crippen LogP) is 2.17. The van der Waals surface area contributed by atoms with Crippen LogP contribution >= 0.6 is 0 Å². The normalized spacial score (nSPS) is 18.3. The third kappa shape index (κ3) is 3.31. The number of nitrogens with one attached hydrogen (secondary N) is 1. The van der Waals surface area contributed by atoms with Crippen LogP contribution in [0.3, 0.4) is 0 Å². The van der Waals surface area contributed by atoms with Gasteiger partial charge in [0.1, 0.15) is 5.69 Å². The van der Waals surface area contributed by atoms with Crippen molar-refractivity contribution in [1.82, 2.24) is 20.2 Å². The third-order valence-corrected chi connectivity index (χ3v) is 4.04. The molecule has 2 heterocycles. The zero-order valence-corrected chi connectivity index (χ0v) is 12.7. The highest BCUT2D eigenvalue weighted by molar-refractivity contribution is 5.91. The van der Waals surface area contributed by atoms with Gasteiger partial charge in [0.25, 0.3) is 5.91 Å². The van der Waals surface area contributed by atoms with Gasteiger partial charge >= 0.3 is 0 Å². The first-order valence-electron chi connectivity index (χ1n) is 7.58. The number of aromatic nitrogens is 2. The number of carbonyl (C=O) groups excluding carboxylic acids is 1. The minimum atomic E-state index is -0.182. The molecule has 1 aromatic carbocycles. The van der Waals surface area contributed by atoms with Crippen LogP contribution in [0.1, 0.15) is 40.6 Å². The molecular formula is C17H20N4O. The van der Waals surface area contributed by atoms with Crippen molar-refractivity contribution in [2.75, 3.05) is 13.6 Å². The molecular weight excluding hydrogens is 276 g/mol. The van der Waals surface area contributed by atoms with Gasteiger partial charge < -0.3 is 5.32 Å². The highest BCUT2D eigenvalue weighted by Crippen LogP contribution is 2.28. The van der Waals surface area contributed by atoms with E-state index >= 15 is 0 Å². The first-order chi connectivity index (χ1) is 10.7. The Balaban J connectivity index is 1.67. The molecule has 5 nitrogen and oxygen atoms in total. The SMILES string of the molecule is CN1CCC[C@@H]1c1cncc(C(=O)NCc2ccccc2)n1. The Labute approximate surface area is 130 Å². The van der Waals surface area contributed by atoms with Gasteiger partial charge in [-0.15, -0.1) is 0 Å². The van der Waals surface area contributed by atoms with Gasteiger partial charge in [0.15, 0.2) is 0 Å². The molecule has 3 rings (SSSR count). The zero-order valence-electron chi connectivity index (χ0n) is 12.7. The monoisotopic (exact) mass is 296 g/mol. The second-order valence-electron chi connectivity index (χ2n) is 5.64. The molecule has 22 heavy (non-hydrogen) atoms. The van der Waals surface area contributed by atoms with E-state index in [1.54, 1.807) is 6.20 Å². The minimum absolute atomic E-state index is 0.182. The summed E-state index contributed by atoms with van der Waals surface area (Å²) in [5, 5.41) is 2.89. The van der Waals surface area contributed by atoms with E-state index < -0.39 is 0 Å². The van der Waals surface area contributed by atoms with E-state index in [1.807, 2.05) is 30.3 Å². The van der Waals surface area contributed by atoms with Gasteiger partial charge in [-0.25, -0.2) is 4.98 Å². The topological polar surface area (TPSA) is 58.1 Å². The second-order valence-corrected chi connectivity index (χ2v) is 5.64. The van der Waals surface area contributed by atoms with E-state index in [9.17, 15) is 4.79 Å². The van der Waals surface area contributed by atoms with Crippen molar-refractivity contribution < 1.29 is 4.79 Å². The van der Waals surface area contributed by atoms with E-state index in [2.05, 4.69) is 27.2 Å². The lowest BCUT2D eigenvalue weighted by molar-refractivity contribution is 0.0945. The molecule has 5 heteroatoms. The standard InChI is InChI=1S/C17H20N4O/c1-21-9-5-8-16(21)14-11-18-12-15(20-14)17(22)19-10-13-6-3-2-4-7-13/h2-4,6-7,11-12,16H,5,8-10H2,1H3,(H,19,22)/t16-/m1/s1. The zero-order chi connectivity index (χ0) is 15.4. The van der Waals surface area contributed by atoms with Crippen molar-refractivity contribution in [3.05, 3.63) is 59.7 Å².